The first-order valence-corrected chi connectivity index (χ1v) is 7.18. The smallest absolute Gasteiger partial charge is 0.354 e. The van der Waals surface area contributed by atoms with Crippen molar-refractivity contribution in [1.29, 1.82) is 0 Å². The molecule has 0 saturated carbocycles. The molecule has 0 unspecified atom stereocenters. The molecule has 108 valence electrons. The van der Waals surface area contributed by atoms with Crippen LogP contribution in [0.5, 0.6) is 0 Å². The molecule has 0 amide bonds. The van der Waals surface area contributed by atoms with Gasteiger partial charge in [-0.2, -0.15) is 5.10 Å². The van der Waals surface area contributed by atoms with Crippen molar-refractivity contribution in [2.45, 2.75) is 25.7 Å². The normalized spacial score (nSPS) is 11.6. The summed E-state index contributed by atoms with van der Waals surface area (Å²) in [7, 11) is -3.90. The Balaban J connectivity index is 2.47. The third kappa shape index (κ3) is 2.39. The second kappa shape index (κ2) is 4.67. The summed E-state index contributed by atoms with van der Waals surface area (Å²) in [5.74, 6) is -1.24. The van der Waals surface area contributed by atoms with Gasteiger partial charge in [-0.25, -0.2) is 13.2 Å². The molecule has 0 bridgehead atoms. The van der Waals surface area contributed by atoms with Gasteiger partial charge in [0.2, 0.25) is 0 Å². The molecule has 0 aromatic carbocycles. The van der Waals surface area contributed by atoms with Crippen LogP contribution in [0.1, 0.15) is 27.6 Å². The molecule has 0 aliphatic heterocycles. The zero-order valence-corrected chi connectivity index (χ0v) is 11.9. The van der Waals surface area contributed by atoms with Gasteiger partial charge in [0.05, 0.1) is 17.1 Å². The van der Waals surface area contributed by atoms with Gasteiger partial charge in [-0.3, -0.25) is 9.82 Å². The van der Waals surface area contributed by atoms with E-state index in [2.05, 4.69) is 19.9 Å². The number of carboxylic acids is 1. The van der Waals surface area contributed by atoms with Gasteiger partial charge in [-0.15, -0.1) is 0 Å². The Morgan fingerprint density at radius 3 is 2.50 bits per heavy atom. The molecule has 0 aliphatic rings. The first kappa shape index (κ1) is 14.1. The molecule has 4 N–H and O–H groups in total. The Labute approximate surface area is 115 Å². The molecule has 20 heavy (non-hydrogen) atoms. The van der Waals surface area contributed by atoms with Gasteiger partial charge in [0.1, 0.15) is 10.6 Å². The van der Waals surface area contributed by atoms with E-state index in [1.165, 1.54) is 6.07 Å². The van der Waals surface area contributed by atoms with Crippen LogP contribution in [0.4, 0.5) is 5.69 Å². The van der Waals surface area contributed by atoms with Crippen LogP contribution < -0.4 is 4.72 Å². The first-order chi connectivity index (χ1) is 9.22. The third-order valence-electron chi connectivity index (χ3n) is 2.74. The summed E-state index contributed by atoms with van der Waals surface area (Å²) in [6.45, 7) is 4.77. The number of nitrogens with one attached hydrogen (secondary N) is 3. The molecule has 9 heteroatoms. The summed E-state index contributed by atoms with van der Waals surface area (Å²) in [6, 6.07) is 1.42. The number of aromatic amines is 2. The molecule has 0 fully saturated rings. The number of carbonyl (C=O) groups is 1. The number of H-pyrrole nitrogens is 2. The van der Waals surface area contributed by atoms with Gasteiger partial charge in [-0.1, -0.05) is 0 Å². The molecule has 8 nitrogen and oxygen atoms in total. The second-order valence-electron chi connectivity index (χ2n) is 4.41. The summed E-state index contributed by atoms with van der Waals surface area (Å²) in [5.41, 5.74) is 1.04. The third-order valence-corrected chi connectivity index (χ3v) is 4.37. The van der Waals surface area contributed by atoms with Gasteiger partial charge in [0.15, 0.2) is 0 Å². The van der Waals surface area contributed by atoms with Crippen molar-refractivity contribution in [2.24, 2.45) is 0 Å². The SMILES string of the molecule is Cc1cc(NS(=O)(=O)c2c(C)n[nH]c2C)c(C(=O)O)[nH]1. The average molecular weight is 298 g/mol. The maximum Gasteiger partial charge on any atom is 0.354 e. The fourth-order valence-corrected chi connectivity index (χ4v) is 3.41. The van der Waals surface area contributed by atoms with Crippen LogP contribution in [0, 0.1) is 20.8 Å². The largest absolute Gasteiger partial charge is 0.477 e. The molecule has 2 aromatic heterocycles. The van der Waals surface area contributed by atoms with Gasteiger partial charge >= 0.3 is 5.97 Å². The van der Waals surface area contributed by atoms with Gasteiger partial charge < -0.3 is 10.1 Å². The number of rotatable bonds is 4. The fraction of sp³-hybridized carbons (Fsp3) is 0.273. The Morgan fingerprint density at radius 2 is 2.00 bits per heavy atom. The van der Waals surface area contributed by atoms with Crippen molar-refractivity contribution >= 4 is 21.7 Å². The molecule has 0 atom stereocenters. The fourth-order valence-electron chi connectivity index (χ4n) is 1.97. The minimum absolute atomic E-state index is 0.00463. The number of nitrogens with zero attached hydrogens (tertiary/aromatic N) is 1. The molecule has 2 aromatic rings. The van der Waals surface area contributed by atoms with Crippen molar-refractivity contribution in [1.82, 2.24) is 15.2 Å². The zero-order valence-electron chi connectivity index (χ0n) is 11.1. The van der Waals surface area contributed by atoms with Crippen molar-refractivity contribution in [2.75, 3.05) is 4.72 Å². The number of aryl methyl sites for hydroxylation is 3. The molecule has 0 spiro atoms. The van der Waals surface area contributed by atoms with Crippen LogP contribution in [-0.2, 0) is 10.0 Å². The summed E-state index contributed by atoms with van der Waals surface area (Å²) in [4.78, 5) is 13.7. The highest BCUT2D eigenvalue weighted by Crippen LogP contribution is 2.24. The number of sulfonamides is 1. The van der Waals surface area contributed by atoms with E-state index in [1.807, 2.05) is 0 Å². The Hall–Kier alpha value is -2.29. The maximum atomic E-state index is 12.3. The standard InChI is InChI=1S/C11H14N4O4S/c1-5-4-8(9(12-5)11(16)17)15-20(18,19)10-6(2)13-14-7(10)3/h4,12,15H,1-3H3,(H,13,14)(H,16,17). The van der Waals surface area contributed by atoms with Crippen LogP contribution in [0.25, 0.3) is 0 Å². The topological polar surface area (TPSA) is 128 Å². The van der Waals surface area contributed by atoms with E-state index in [1.54, 1.807) is 20.8 Å². The molecule has 2 rings (SSSR count). The molecular formula is C11H14N4O4S. The lowest BCUT2D eigenvalue weighted by Crippen LogP contribution is -2.16. The monoisotopic (exact) mass is 298 g/mol. The highest BCUT2D eigenvalue weighted by Gasteiger charge is 2.25. The van der Waals surface area contributed by atoms with E-state index in [0.717, 1.165) is 0 Å². The van der Waals surface area contributed by atoms with Crippen molar-refractivity contribution < 1.29 is 18.3 Å². The van der Waals surface area contributed by atoms with Crippen LogP contribution >= 0.6 is 0 Å². The summed E-state index contributed by atoms with van der Waals surface area (Å²) in [5, 5.41) is 15.4. The van der Waals surface area contributed by atoms with E-state index >= 15 is 0 Å². The van der Waals surface area contributed by atoms with E-state index in [9.17, 15) is 13.2 Å². The number of anilines is 1. The first-order valence-electron chi connectivity index (χ1n) is 5.69. The summed E-state index contributed by atoms with van der Waals surface area (Å²) >= 11 is 0. The maximum absolute atomic E-state index is 12.3. The number of hydrogen-bond donors (Lipinski definition) is 4. The Bertz CT molecular complexity index is 753. The summed E-state index contributed by atoms with van der Waals surface area (Å²) < 4.78 is 26.9. The predicted octanol–water partition coefficient (Wildman–Crippen LogP) is 1.16. The van der Waals surface area contributed by atoms with Crippen LogP contribution in [0.2, 0.25) is 0 Å². The molecule has 0 saturated heterocycles. The minimum Gasteiger partial charge on any atom is -0.477 e. The Morgan fingerprint density at radius 1 is 1.35 bits per heavy atom. The van der Waals surface area contributed by atoms with Crippen molar-refractivity contribution in [3.63, 3.8) is 0 Å². The lowest BCUT2D eigenvalue weighted by atomic mass is 10.4. The minimum atomic E-state index is -3.90. The zero-order chi connectivity index (χ0) is 15.1. The molecule has 2 heterocycles. The number of aromatic nitrogens is 3. The molecule has 0 radical (unpaired) electrons. The van der Waals surface area contributed by atoms with Crippen molar-refractivity contribution in [3.8, 4) is 0 Å². The second-order valence-corrected chi connectivity index (χ2v) is 6.03. The predicted molar refractivity (Wildman–Crippen MR) is 71.4 cm³/mol. The number of carboxylic acid groups (broad SMARTS) is 1. The van der Waals surface area contributed by atoms with Crippen LogP contribution in [-0.4, -0.2) is 34.7 Å². The average Bonchev–Trinajstić information content (AvgIpc) is 2.82. The lowest BCUT2D eigenvalue weighted by Gasteiger charge is -2.07. The summed E-state index contributed by atoms with van der Waals surface area (Å²) in [6.07, 6.45) is 0. The number of aromatic carboxylic acids is 1. The molecule has 0 aliphatic carbocycles. The van der Waals surface area contributed by atoms with Gasteiger partial charge in [0, 0.05) is 5.69 Å². The highest BCUT2D eigenvalue weighted by atomic mass is 32.2. The van der Waals surface area contributed by atoms with Crippen LogP contribution in [0.3, 0.4) is 0 Å². The quantitative estimate of drug-likeness (QED) is 0.673. The van der Waals surface area contributed by atoms with Crippen LogP contribution in [0.15, 0.2) is 11.0 Å². The highest BCUT2D eigenvalue weighted by molar-refractivity contribution is 7.92. The molecular weight excluding hydrogens is 284 g/mol. The Kier molecular flexibility index (Phi) is 3.30. The van der Waals surface area contributed by atoms with E-state index < -0.39 is 16.0 Å². The van der Waals surface area contributed by atoms with Gasteiger partial charge in [-0.05, 0) is 26.8 Å². The van der Waals surface area contributed by atoms with E-state index in [-0.39, 0.29) is 16.3 Å². The van der Waals surface area contributed by atoms with Gasteiger partial charge in [0.25, 0.3) is 10.0 Å². The van der Waals surface area contributed by atoms with Crippen molar-refractivity contribution in [3.05, 3.63) is 28.8 Å². The van der Waals surface area contributed by atoms with E-state index in [4.69, 9.17) is 5.11 Å². The lowest BCUT2D eigenvalue weighted by molar-refractivity contribution is 0.0692. The number of hydrogen-bond acceptors (Lipinski definition) is 4. The van der Waals surface area contributed by atoms with E-state index in [0.29, 0.717) is 17.1 Å².